The number of rotatable bonds is 4. The minimum atomic E-state index is -1.16. The van der Waals surface area contributed by atoms with Gasteiger partial charge in [0.25, 0.3) is 0 Å². The van der Waals surface area contributed by atoms with Gasteiger partial charge in [0.05, 0.1) is 24.5 Å². The van der Waals surface area contributed by atoms with Crippen molar-refractivity contribution >= 4 is 5.97 Å². The lowest BCUT2D eigenvalue weighted by atomic mass is 10.1. The molecule has 0 aliphatic carbocycles. The fraction of sp³-hybridized carbons (Fsp3) is 0.400. The van der Waals surface area contributed by atoms with E-state index < -0.39 is 18.2 Å². The molecule has 4 N–H and O–H groups in total. The Balaban J connectivity index is 2.82. The molecule has 6 nitrogen and oxygen atoms in total. The first kappa shape index (κ1) is 12.6. The number of hydrogen-bond donors (Lipinski definition) is 3. The number of pyridine rings is 1. The first-order valence-corrected chi connectivity index (χ1v) is 4.70. The molecule has 88 valence electrons. The van der Waals surface area contributed by atoms with Crippen LogP contribution in [0.25, 0.3) is 0 Å². The van der Waals surface area contributed by atoms with Crippen molar-refractivity contribution in [2.24, 2.45) is 5.73 Å². The van der Waals surface area contributed by atoms with E-state index in [0.717, 1.165) is 0 Å². The molecule has 0 spiro atoms. The molecule has 1 rings (SSSR count). The topological polar surface area (TPSA) is 106 Å². The van der Waals surface area contributed by atoms with Crippen LogP contribution in [0.2, 0.25) is 0 Å². The molecular formula is C10H14N2O4. The van der Waals surface area contributed by atoms with Gasteiger partial charge in [-0.2, -0.15) is 0 Å². The molecule has 6 heteroatoms. The van der Waals surface area contributed by atoms with E-state index in [1.54, 1.807) is 0 Å². The number of carbonyl (C=O) groups is 1. The van der Waals surface area contributed by atoms with Gasteiger partial charge in [0.2, 0.25) is 0 Å². The molecule has 0 aromatic carbocycles. The van der Waals surface area contributed by atoms with E-state index >= 15 is 0 Å². The van der Waals surface area contributed by atoms with Crippen LogP contribution in [0.5, 0.6) is 0 Å². The Bertz CT molecular complexity index is 352. The van der Waals surface area contributed by atoms with Gasteiger partial charge in [0, 0.05) is 12.7 Å². The summed E-state index contributed by atoms with van der Waals surface area (Å²) in [6.07, 6.45) is -0.957. The summed E-state index contributed by atoms with van der Waals surface area (Å²) in [6.45, 7) is -0.0679. The smallest absolute Gasteiger partial charge is 0.339 e. The highest BCUT2D eigenvalue weighted by atomic mass is 16.5. The van der Waals surface area contributed by atoms with E-state index in [1.165, 1.54) is 25.4 Å². The SMILES string of the molecule is COC(=O)c1ccc(C(O)C(O)CN)nc1. The third-order valence-corrected chi connectivity index (χ3v) is 2.12. The fourth-order valence-electron chi connectivity index (χ4n) is 1.14. The standard InChI is InChI=1S/C10H14N2O4/c1-16-10(15)6-2-3-7(12-5-6)9(14)8(13)4-11/h2-3,5,8-9,13-14H,4,11H2,1H3. The van der Waals surface area contributed by atoms with Crippen molar-refractivity contribution < 1.29 is 19.7 Å². The summed E-state index contributed by atoms with van der Waals surface area (Å²) in [5.74, 6) is -0.507. The predicted octanol–water partition coefficient (Wildman–Crippen LogP) is -0.779. The Morgan fingerprint density at radius 2 is 2.25 bits per heavy atom. The second-order valence-corrected chi connectivity index (χ2v) is 3.21. The molecule has 1 heterocycles. The first-order valence-electron chi connectivity index (χ1n) is 4.70. The Hall–Kier alpha value is -1.50. The highest BCUT2D eigenvalue weighted by Crippen LogP contribution is 2.14. The number of aliphatic hydroxyl groups excluding tert-OH is 2. The Morgan fingerprint density at radius 3 is 2.69 bits per heavy atom. The van der Waals surface area contributed by atoms with Crippen LogP contribution < -0.4 is 5.73 Å². The zero-order valence-corrected chi connectivity index (χ0v) is 8.83. The number of aliphatic hydroxyl groups is 2. The van der Waals surface area contributed by atoms with Gasteiger partial charge in [-0.1, -0.05) is 0 Å². The van der Waals surface area contributed by atoms with Crippen LogP contribution in [0.15, 0.2) is 18.3 Å². The van der Waals surface area contributed by atoms with E-state index in [0.29, 0.717) is 0 Å². The summed E-state index contributed by atoms with van der Waals surface area (Å²) in [4.78, 5) is 14.9. The molecule has 2 unspecified atom stereocenters. The fourth-order valence-corrected chi connectivity index (χ4v) is 1.14. The lowest BCUT2D eigenvalue weighted by molar-refractivity contribution is 0.0217. The molecule has 16 heavy (non-hydrogen) atoms. The van der Waals surface area contributed by atoms with Gasteiger partial charge >= 0.3 is 5.97 Å². The molecular weight excluding hydrogens is 212 g/mol. The molecule has 2 atom stereocenters. The Labute approximate surface area is 92.7 Å². The monoisotopic (exact) mass is 226 g/mol. The van der Waals surface area contributed by atoms with Crippen LogP contribution in [0.3, 0.4) is 0 Å². The number of nitrogens with two attached hydrogens (primary N) is 1. The molecule has 0 amide bonds. The van der Waals surface area contributed by atoms with E-state index in [-0.39, 0.29) is 17.8 Å². The quantitative estimate of drug-likeness (QED) is 0.582. The molecule has 0 radical (unpaired) electrons. The predicted molar refractivity (Wildman–Crippen MR) is 55.6 cm³/mol. The lowest BCUT2D eigenvalue weighted by Crippen LogP contribution is -2.27. The highest BCUT2D eigenvalue weighted by Gasteiger charge is 2.18. The number of hydrogen-bond acceptors (Lipinski definition) is 6. The molecule has 1 aromatic rings. The third kappa shape index (κ3) is 2.75. The lowest BCUT2D eigenvalue weighted by Gasteiger charge is -2.15. The van der Waals surface area contributed by atoms with Crippen LogP contribution in [-0.2, 0) is 4.74 Å². The van der Waals surface area contributed by atoms with Crippen LogP contribution in [0.1, 0.15) is 22.2 Å². The number of ether oxygens (including phenoxy) is 1. The average Bonchev–Trinajstić information content (AvgIpc) is 2.36. The number of carbonyl (C=O) groups excluding carboxylic acids is 1. The van der Waals surface area contributed by atoms with E-state index in [9.17, 15) is 15.0 Å². The zero-order chi connectivity index (χ0) is 12.1. The summed E-state index contributed by atoms with van der Waals surface area (Å²) < 4.78 is 4.49. The van der Waals surface area contributed by atoms with Crippen LogP contribution in [-0.4, -0.2) is 40.9 Å². The maximum Gasteiger partial charge on any atom is 0.339 e. The van der Waals surface area contributed by atoms with Crippen molar-refractivity contribution in [3.63, 3.8) is 0 Å². The maximum absolute atomic E-state index is 11.1. The number of nitrogens with zero attached hydrogens (tertiary/aromatic N) is 1. The summed E-state index contributed by atoms with van der Waals surface area (Å²) in [5, 5.41) is 18.9. The van der Waals surface area contributed by atoms with Crippen molar-refractivity contribution in [2.75, 3.05) is 13.7 Å². The molecule has 0 aliphatic rings. The summed E-state index contributed by atoms with van der Waals surface area (Å²) in [6, 6.07) is 2.90. The van der Waals surface area contributed by atoms with E-state index in [4.69, 9.17) is 5.73 Å². The zero-order valence-electron chi connectivity index (χ0n) is 8.83. The van der Waals surface area contributed by atoms with Crippen LogP contribution in [0.4, 0.5) is 0 Å². The number of methoxy groups -OCH3 is 1. The summed E-state index contributed by atoms with van der Waals surface area (Å²) in [7, 11) is 1.27. The van der Waals surface area contributed by atoms with E-state index in [1.807, 2.05) is 0 Å². The number of esters is 1. The van der Waals surface area contributed by atoms with Crippen molar-refractivity contribution in [2.45, 2.75) is 12.2 Å². The molecule has 0 fully saturated rings. The highest BCUT2D eigenvalue weighted by molar-refractivity contribution is 5.88. The van der Waals surface area contributed by atoms with Crippen molar-refractivity contribution in [1.82, 2.24) is 4.98 Å². The first-order chi connectivity index (χ1) is 7.60. The van der Waals surface area contributed by atoms with Crippen LogP contribution >= 0.6 is 0 Å². The molecule has 0 bridgehead atoms. The Kier molecular flexibility index (Phi) is 4.36. The van der Waals surface area contributed by atoms with Gasteiger partial charge in [-0.3, -0.25) is 4.98 Å². The van der Waals surface area contributed by atoms with E-state index in [2.05, 4.69) is 9.72 Å². The van der Waals surface area contributed by atoms with Crippen LogP contribution in [0, 0.1) is 0 Å². The van der Waals surface area contributed by atoms with Gasteiger partial charge in [0.15, 0.2) is 0 Å². The van der Waals surface area contributed by atoms with Gasteiger partial charge in [-0.05, 0) is 12.1 Å². The number of aromatic nitrogens is 1. The molecule has 0 aliphatic heterocycles. The average molecular weight is 226 g/mol. The van der Waals surface area contributed by atoms with Crippen molar-refractivity contribution in [1.29, 1.82) is 0 Å². The minimum absolute atomic E-state index is 0.0679. The second-order valence-electron chi connectivity index (χ2n) is 3.21. The van der Waals surface area contributed by atoms with Gasteiger partial charge in [-0.15, -0.1) is 0 Å². The second kappa shape index (κ2) is 5.55. The normalized spacial score (nSPS) is 14.2. The largest absolute Gasteiger partial charge is 0.465 e. The molecule has 1 aromatic heterocycles. The molecule has 0 saturated heterocycles. The van der Waals surface area contributed by atoms with Gasteiger partial charge in [0.1, 0.15) is 6.10 Å². The summed E-state index contributed by atoms with van der Waals surface area (Å²) in [5.41, 5.74) is 5.73. The van der Waals surface area contributed by atoms with Crippen molar-refractivity contribution in [3.05, 3.63) is 29.6 Å². The minimum Gasteiger partial charge on any atom is -0.465 e. The van der Waals surface area contributed by atoms with Gasteiger partial charge in [-0.25, -0.2) is 4.79 Å². The van der Waals surface area contributed by atoms with Gasteiger partial charge < -0.3 is 20.7 Å². The van der Waals surface area contributed by atoms with Crippen molar-refractivity contribution in [3.8, 4) is 0 Å². The Morgan fingerprint density at radius 1 is 1.56 bits per heavy atom. The maximum atomic E-state index is 11.1. The molecule has 0 saturated carbocycles. The third-order valence-electron chi connectivity index (χ3n) is 2.12. The summed E-state index contributed by atoms with van der Waals surface area (Å²) >= 11 is 0.